The van der Waals surface area contributed by atoms with Gasteiger partial charge in [0.05, 0.1) is 5.52 Å². The molecular formula is C26H19NS. The molecule has 0 aliphatic heterocycles. The summed E-state index contributed by atoms with van der Waals surface area (Å²) >= 11 is 1.71. The maximum atomic E-state index is 5.15. The topological polar surface area (TPSA) is 12.9 Å². The van der Waals surface area contributed by atoms with E-state index in [9.17, 15) is 0 Å². The van der Waals surface area contributed by atoms with Crippen molar-refractivity contribution in [3.63, 3.8) is 0 Å². The number of hydrogen-bond donors (Lipinski definition) is 0. The number of thioether (sulfide) groups is 1. The second-order valence-corrected chi connectivity index (χ2v) is 7.58. The van der Waals surface area contributed by atoms with Crippen molar-refractivity contribution in [3.8, 4) is 22.3 Å². The van der Waals surface area contributed by atoms with Gasteiger partial charge in [-0.2, -0.15) is 0 Å². The van der Waals surface area contributed by atoms with Gasteiger partial charge in [0.1, 0.15) is 5.03 Å². The van der Waals surface area contributed by atoms with E-state index in [2.05, 4.69) is 103 Å². The molecular weight excluding hydrogens is 358 g/mol. The highest BCUT2D eigenvalue weighted by atomic mass is 32.2. The van der Waals surface area contributed by atoms with Gasteiger partial charge in [-0.25, -0.2) is 4.98 Å². The lowest BCUT2D eigenvalue weighted by Gasteiger charge is -2.18. The van der Waals surface area contributed by atoms with Crippen LogP contribution in [0.25, 0.3) is 43.9 Å². The van der Waals surface area contributed by atoms with Crippen LogP contribution >= 0.6 is 11.8 Å². The number of pyridine rings is 1. The largest absolute Gasteiger partial charge is 0.240 e. The van der Waals surface area contributed by atoms with Gasteiger partial charge in [-0.15, -0.1) is 11.8 Å². The van der Waals surface area contributed by atoms with Gasteiger partial charge in [-0.1, -0.05) is 97.1 Å². The van der Waals surface area contributed by atoms with Crippen LogP contribution in [-0.2, 0) is 0 Å². The summed E-state index contributed by atoms with van der Waals surface area (Å²) < 4.78 is 0. The van der Waals surface area contributed by atoms with Crippen LogP contribution in [0.2, 0.25) is 0 Å². The van der Waals surface area contributed by atoms with E-state index in [0.717, 1.165) is 10.5 Å². The van der Waals surface area contributed by atoms with Gasteiger partial charge in [0, 0.05) is 21.9 Å². The average molecular weight is 378 g/mol. The molecule has 0 atom stereocenters. The smallest absolute Gasteiger partial charge is 0.105 e. The van der Waals surface area contributed by atoms with Gasteiger partial charge >= 0.3 is 0 Å². The summed E-state index contributed by atoms with van der Waals surface area (Å²) in [4.78, 5) is 5.15. The van der Waals surface area contributed by atoms with E-state index in [0.29, 0.717) is 0 Å². The Bertz CT molecular complexity index is 1280. The van der Waals surface area contributed by atoms with Crippen molar-refractivity contribution in [2.75, 3.05) is 6.26 Å². The average Bonchev–Trinajstić information content (AvgIpc) is 2.78. The molecule has 134 valence electrons. The van der Waals surface area contributed by atoms with Crippen molar-refractivity contribution in [1.82, 2.24) is 4.98 Å². The minimum Gasteiger partial charge on any atom is -0.240 e. The number of fused-ring (bicyclic) bond motifs is 3. The Morgan fingerprint density at radius 2 is 1.18 bits per heavy atom. The van der Waals surface area contributed by atoms with Crippen LogP contribution < -0.4 is 0 Å². The summed E-state index contributed by atoms with van der Waals surface area (Å²) in [5.74, 6) is 0. The van der Waals surface area contributed by atoms with E-state index in [4.69, 9.17) is 4.98 Å². The first-order valence-electron chi connectivity index (χ1n) is 9.37. The summed E-state index contributed by atoms with van der Waals surface area (Å²) in [5, 5.41) is 4.68. The molecule has 0 spiro atoms. The molecule has 0 saturated carbocycles. The quantitative estimate of drug-likeness (QED) is 0.239. The maximum absolute atomic E-state index is 5.15. The maximum Gasteiger partial charge on any atom is 0.105 e. The molecule has 28 heavy (non-hydrogen) atoms. The Kier molecular flexibility index (Phi) is 4.34. The molecule has 2 heteroatoms. The van der Waals surface area contributed by atoms with E-state index >= 15 is 0 Å². The molecule has 1 nitrogen and oxygen atoms in total. The fraction of sp³-hybridized carbons (Fsp3) is 0.0385. The minimum absolute atomic E-state index is 1.06. The Hall–Kier alpha value is -3.10. The molecule has 4 aromatic carbocycles. The molecule has 0 radical (unpaired) electrons. The van der Waals surface area contributed by atoms with E-state index in [1.54, 1.807) is 11.8 Å². The third-order valence-electron chi connectivity index (χ3n) is 5.17. The number of nitrogens with zero attached hydrogens (tertiary/aromatic N) is 1. The molecule has 0 unspecified atom stereocenters. The Morgan fingerprint density at radius 1 is 0.571 bits per heavy atom. The number of rotatable bonds is 3. The van der Waals surface area contributed by atoms with Crippen LogP contribution in [0, 0.1) is 0 Å². The third-order valence-corrected chi connectivity index (χ3v) is 5.85. The summed E-state index contributed by atoms with van der Waals surface area (Å²) in [6, 6.07) is 34.2. The third kappa shape index (κ3) is 2.78. The van der Waals surface area contributed by atoms with Crippen LogP contribution in [0.5, 0.6) is 0 Å². The highest BCUT2D eigenvalue weighted by Gasteiger charge is 2.18. The van der Waals surface area contributed by atoms with Crippen LogP contribution in [0.4, 0.5) is 0 Å². The fourth-order valence-electron chi connectivity index (χ4n) is 3.90. The molecule has 0 N–H and O–H groups in total. The molecule has 5 aromatic rings. The number of aromatic nitrogens is 1. The molecule has 0 saturated heterocycles. The zero-order valence-corrected chi connectivity index (χ0v) is 16.4. The van der Waals surface area contributed by atoms with Crippen molar-refractivity contribution in [2.24, 2.45) is 0 Å². The van der Waals surface area contributed by atoms with E-state index in [1.165, 1.54) is 38.4 Å². The van der Waals surface area contributed by atoms with Gasteiger partial charge in [-0.05, 0) is 22.8 Å². The monoisotopic (exact) mass is 377 g/mol. The summed E-state index contributed by atoms with van der Waals surface area (Å²) in [6.45, 7) is 0. The molecule has 0 bridgehead atoms. The van der Waals surface area contributed by atoms with Crippen molar-refractivity contribution in [3.05, 3.63) is 97.1 Å². The lowest BCUT2D eigenvalue weighted by atomic mass is 9.91. The summed E-state index contributed by atoms with van der Waals surface area (Å²) in [7, 11) is 0. The normalized spacial score (nSPS) is 11.2. The second-order valence-electron chi connectivity index (χ2n) is 6.79. The van der Waals surface area contributed by atoms with Gasteiger partial charge in [0.25, 0.3) is 0 Å². The first kappa shape index (κ1) is 17.0. The van der Waals surface area contributed by atoms with Gasteiger partial charge in [0.15, 0.2) is 0 Å². The molecule has 5 rings (SSSR count). The van der Waals surface area contributed by atoms with Crippen molar-refractivity contribution in [1.29, 1.82) is 0 Å². The number of benzene rings is 4. The van der Waals surface area contributed by atoms with Crippen LogP contribution in [0.3, 0.4) is 0 Å². The Balaban J connectivity index is 1.99. The molecule has 0 aliphatic carbocycles. The zero-order chi connectivity index (χ0) is 18.9. The number of hydrogen-bond acceptors (Lipinski definition) is 2. The second kappa shape index (κ2) is 7.14. The molecule has 0 amide bonds. The van der Waals surface area contributed by atoms with E-state index in [1.807, 2.05) is 0 Å². The SMILES string of the molecule is CSc1nc2c(ccc3ccccc32)c(-c2ccccc2)c1-c1ccccc1. The standard InChI is InChI=1S/C26H19NS/c1-28-26-24(20-13-6-3-7-14-20)23(19-11-4-2-5-12-19)22-17-16-18-10-8-9-15-21(18)25(22)27-26/h2-17H,1H3. The highest BCUT2D eigenvalue weighted by molar-refractivity contribution is 7.98. The van der Waals surface area contributed by atoms with Crippen LogP contribution in [-0.4, -0.2) is 11.2 Å². The molecule has 1 aromatic heterocycles. The summed E-state index contributed by atoms with van der Waals surface area (Å²) in [6.07, 6.45) is 2.11. The van der Waals surface area contributed by atoms with Crippen molar-refractivity contribution in [2.45, 2.75) is 5.03 Å². The van der Waals surface area contributed by atoms with Crippen molar-refractivity contribution >= 4 is 33.4 Å². The molecule has 0 aliphatic rings. The fourth-order valence-corrected chi connectivity index (χ4v) is 4.51. The Labute approximate surface area is 169 Å². The first-order chi connectivity index (χ1) is 13.9. The lowest BCUT2D eigenvalue weighted by Crippen LogP contribution is -1.95. The molecule has 1 heterocycles. The first-order valence-corrected chi connectivity index (χ1v) is 10.6. The van der Waals surface area contributed by atoms with Crippen molar-refractivity contribution < 1.29 is 0 Å². The zero-order valence-electron chi connectivity index (χ0n) is 15.6. The van der Waals surface area contributed by atoms with Crippen LogP contribution in [0.1, 0.15) is 0 Å². The van der Waals surface area contributed by atoms with Gasteiger partial charge in [0.2, 0.25) is 0 Å². The minimum atomic E-state index is 1.06. The van der Waals surface area contributed by atoms with Crippen LogP contribution in [0.15, 0.2) is 102 Å². The predicted octanol–water partition coefficient (Wildman–Crippen LogP) is 7.44. The highest BCUT2D eigenvalue weighted by Crippen LogP contribution is 2.43. The van der Waals surface area contributed by atoms with E-state index < -0.39 is 0 Å². The van der Waals surface area contributed by atoms with Gasteiger partial charge in [-0.3, -0.25) is 0 Å². The predicted molar refractivity (Wildman–Crippen MR) is 122 cm³/mol. The Morgan fingerprint density at radius 3 is 1.86 bits per heavy atom. The summed E-state index contributed by atoms with van der Waals surface area (Å²) in [5.41, 5.74) is 5.96. The lowest BCUT2D eigenvalue weighted by molar-refractivity contribution is 1.20. The van der Waals surface area contributed by atoms with E-state index in [-0.39, 0.29) is 0 Å². The molecule has 0 fully saturated rings. The van der Waals surface area contributed by atoms with Gasteiger partial charge < -0.3 is 0 Å².